The molecule has 4 heterocycles. The molecule has 0 aromatic carbocycles. The summed E-state index contributed by atoms with van der Waals surface area (Å²) >= 11 is 7.54. The van der Waals surface area contributed by atoms with Gasteiger partial charge in [0.1, 0.15) is 16.7 Å². The maximum Gasteiger partial charge on any atom is 0.158 e. The van der Waals surface area contributed by atoms with E-state index in [0.717, 1.165) is 49.7 Å². The van der Waals surface area contributed by atoms with E-state index in [4.69, 9.17) is 27.8 Å². The van der Waals surface area contributed by atoms with Gasteiger partial charge >= 0.3 is 0 Å². The molecule has 0 aliphatic carbocycles. The Kier molecular flexibility index (Phi) is 11.0. The summed E-state index contributed by atoms with van der Waals surface area (Å²) in [5.74, 6) is 1.50. The highest BCUT2D eigenvalue weighted by molar-refractivity contribution is 7.99. The number of nitrogens with two attached hydrogens (primary N) is 2. The molecule has 33 heavy (non-hydrogen) atoms. The van der Waals surface area contributed by atoms with Crippen molar-refractivity contribution in [2.24, 2.45) is 5.41 Å². The van der Waals surface area contributed by atoms with Gasteiger partial charge in [-0.2, -0.15) is 0 Å². The zero-order valence-corrected chi connectivity index (χ0v) is 22.2. The number of hydrogen-bond acceptors (Lipinski definition) is 8. The number of piperidine rings is 1. The van der Waals surface area contributed by atoms with Gasteiger partial charge in [-0.3, -0.25) is 0 Å². The smallest absolute Gasteiger partial charge is 0.158 e. The van der Waals surface area contributed by atoms with Crippen LogP contribution in [0.1, 0.15) is 66.7 Å². The highest BCUT2D eigenvalue weighted by Crippen LogP contribution is 2.43. The molecular weight excluding hydrogens is 456 g/mol. The van der Waals surface area contributed by atoms with E-state index in [1.165, 1.54) is 24.6 Å². The number of anilines is 3. The number of unbranched alkanes of at least 4 members (excludes halogenated alkanes) is 1. The molecule has 1 spiro atoms. The van der Waals surface area contributed by atoms with Crippen LogP contribution < -0.4 is 16.4 Å². The van der Waals surface area contributed by atoms with E-state index >= 15 is 0 Å². The lowest BCUT2D eigenvalue weighted by Crippen LogP contribution is -2.41. The van der Waals surface area contributed by atoms with Gasteiger partial charge in [-0.05, 0) is 37.7 Å². The van der Waals surface area contributed by atoms with Crippen LogP contribution in [0.3, 0.4) is 0 Å². The number of ether oxygens (including phenoxy) is 1. The summed E-state index contributed by atoms with van der Waals surface area (Å²) in [6.07, 6.45) is 9.78. The number of rotatable bonds is 4. The van der Waals surface area contributed by atoms with Crippen LogP contribution in [0.25, 0.3) is 0 Å². The second-order valence-corrected chi connectivity index (χ2v) is 9.75. The Morgan fingerprint density at radius 2 is 1.82 bits per heavy atom. The fraction of sp³-hybridized carbons (Fsp3) is 0.625. The third-order valence-corrected chi connectivity index (χ3v) is 7.46. The van der Waals surface area contributed by atoms with Gasteiger partial charge in [0.25, 0.3) is 0 Å². The van der Waals surface area contributed by atoms with Crippen molar-refractivity contribution < 1.29 is 4.74 Å². The third kappa shape index (κ3) is 7.36. The lowest BCUT2D eigenvalue weighted by Gasteiger charge is -2.38. The Morgan fingerprint density at radius 1 is 1.15 bits per heavy atom. The second-order valence-electron chi connectivity index (χ2n) is 8.34. The van der Waals surface area contributed by atoms with Crippen molar-refractivity contribution in [3.8, 4) is 0 Å². The predicted molar refractivity (Wildman–Crippen MR) is 140 cm³/mol. The first-order chi connectivity index (χ1) is 15.9. The molecule has 2 fully saturated rings. The van der Waals surface area contributed by atoms with Crippen LogP contribution in [-0.2, 0) is 4.74 Å². The first-order valence-corrected chi connectivity index (χ1v) is 13.1. The zero-order chi connectivity index (χ0) is 24.4. The number of pyridine rings is 1. The van der Waals surface area contributed by atoms with Crippen molar-refractivity contribution in [1.82, 2.24) is 15.0 Å². The van der Waals surface area contributed by atoms with Gasteiger partial charge in [-0.1, -0.05) is 63.9 Å². The Hall–Kier alpha value is -1.77. The molecule has 2 aromatic heterocycles. The van der Waals surface area contributed by atoms with Crippen molar-refractivity contribution in [2.45, 2.75) is 82.7 Å². The molecule has 0 radical (unpaired) electrons. The van der Waals surface area contributed by atoms with Crippen LogP contribution in [0.5, 0.6) is 0 Å². The average molecular weight is 495 g/mol. The predicted octanol–water partition coefficient (Wildman–Crippen LogP) is 6.07. The molecule has 0 bridgehead atoms. The number of nitrogen functional groups attached to an aromatic ring is 2. The number of nitrogens with zero attached hydrogens (tertiary/aromatic N) is 4. The molecule has 4 rings (SSSR count). The summed E-state index contributed by atoms with van der Waals surface area (Å²) in [4.78, 5) is 16.1. The molecule has 2 saturated heterocycles. The monoisotopic (exact) mass is 494 g/mol. The SMILES string of the molecule is CC.CCCC.C[C@H]1CC2(CCN(c3cnc(Sc4ccnc(N)c4Cl)c(N)n3)CC2)CO1. The molecule has 1 atom stereocenters. The normalized spacial score (nSPS) is 18.8. The standard InChI is InChI=1S/C18H23ClN6OS.C4H10.C2H6/c1-11-8-18(10-26-11)3-6-25(7-4-18)13-9-23-17(16(21)24-13)27-12-2-5-22-15(20)14(12)19;1-3-4-2;1-2/h2,5,9,11H,3-4,6-8,10H2,1H3,(H2,20,22)(H2,21,24);3-4H2,1-2H3;1-2H3/t11-;;/m0../s1. The summed E-state index contributed by atoms with van der Waals surface area (Å²) in [6.45, 7) is 13.3. The summed E-state index contributed by atoms with van der Waals surface area (Å²) < 4.78 is 5.80. The van der Waals surface area contributed by atoms with Gasteiger partial charge in [0.15, 0.2) is 5.82 Å². The number of halogens is 1. The molecule has 7 nitrogen and oxygen atoms in total. The first-order valence-electron chi connectivity index (χ1n) is 11.9. The zero-order valence-electron chi connectivity index (χ0n) is 20.6. The third-order valence-electron chi connectivity index (χ3n) is 5.88. The number of hydrogen-bond donors (Lipinski definition) is 2. The van der Waals surface area contributed by atoms with Crippen molar-refractivity contribution in [3.05, 3.63) is 23.5 Å². The van der Waals surface area contributed by atoms with Gasteiger partial charge in [-0.25, -0.2) is 15.0 Å². The van der Waals surface area contributed by atoms with Crippen LogP contribution in [0.15, 0.2) is 28.4 Å². The van der Waals surface area contributed by atoms with E-state index in [2.05, 4.69) is 40.6 Å². The quantitative estimate of drug-likeness (QED) is 0.527. The fourth-order valence-corrected chi connectivity index (χ4v) is 4.86. The Balaban J connectivity index is 0.000000582. The molecule has 4 N–H and O–H groups in total. The average Bonchev–Trinajstić information content (AvgIpc) is 3.19. The van der Waals surface area contributed by atoms with Crippen molar-refractivity contribution >= 4 is 40.8 Å². The van der Waals surface area contributed by atoms with Crippen LogP contribution in [0.4, 0.5) is 17.5 Å². The maximum atomic E-state index is 6.20. The minimum atomic E-state index is 0.289. The van der Waals surface area contributed by atoms with Crippen LogP contribution in [0, 0.1) is 5.41 Å². The lowest BCUT2D eigenvalue weighted by molar-refractivity contribution is 0.0976. The van der Waals surface area contributed by atoms with E-state index in [9.17, 15) is 0 Å². The van der Waals surface area contributed by atoms with E-state index < -0.39 is 0 Å². The molecule has 184 valence electrons. The van der Waals surface area contributed by atoms with Gasteiger partial charge in [-0.15, -0.1) is 0 Å². The van der Waals surface area contributed by atoms with E-state index in [1.54, 1.807) is 18.5 Å². The van der Waals surface area contributed by atoms with Gasteiger partial charge in [0.2, 0.25) is 0 Å². The molecule has 0 unspecified atom stereocenters. The van der Waals surface area contributed by atoms with Crippen LogP contribution in [-0.4, -0.2) is 40.8 Å². The lowest BCUT2D eigenvalue weighted by atomic mass is 9.77. The van der Waals surface area contributed by atoms with Gasteiger partial charge in [0, 0.05) is 24.2 Å². The Labute approximate surface area is 208 Å². The maximum absolute atomic E-state index is 6.20. The first kappa shape index (κ1) is 27.5. The highest BCUT2D eigenvalue weighted by Gasteiger charge is 2.41. The van der Waals surface area contributed by atoms with Crippen molar-refractivity contribution in [3.63, 3.8) is 0 Å². The summed E-state index contributed by atoms with van der Waals surface area (Å²) in [7, 11) is 0. The van der Waals surface area contributed by atoms with Crippen molar-refractivity contribution in [1.29, 1.82) is 0 Å². The summed E-state index contributed by atoms with van der Waals surface area (Å²) in [5.41, 5.74) is 12.3. The largest absolute Gasteiger partial charge is 0.382 e. The molecule has 2 aliphatic rings. The van der Waals surface area contributed by atoms with E-state index in [-0.39, 0.29) is 5.82 Å². The number of aromatic nitrogens is 3. The Bertz CT molecular complexity index is 874. The van der Waals surface area contributed by atoms with Gasteiger partial charge < -0.3 is 21.1 Å². The Morgan fingerprint density at radius 3 is 2.36 bits per heavy atom. The van der Waals surface area contributed by atoms with E-state index in [0.29, 0.717) is 27.4 Å². The molecule has 2 aliphatic heterocycles. The highest BCUT2D eigenvalue weighted by atomic mass is 35.5. The topological polar surface area (TPSA) is 103 Å². The van der Waals surface area contributed by atoms with E-state index in [1.807, 2.05) is 13.8 Å². The fourth-order valence-electron chi connectivity index (χ4n) is 3.84. The minimum absolute atomic E-state index is 0.289. The minimum Gasteiger partial charge on any atom is -0.382 e. The summed E-state index contributed by atoms with van der Waals surface area (Å²) in [5, 5.41) is 1.01. The van der Waals surface area contributed by atoms with Crippen LogP contribution >= 0.6 is 23.4 Å². The summed E-state index contributed by atoms with van der Waals surface area (Å²) in [6, 6.07) is 1.78. The second kappa shape index (κ2) is 13.2. The van der Waals surface area contributed by atoms with Crippen LogP contribution in [0.2, 0.25) is 5.02 Å². The molecule has 2 aromatic rings. The molecule has 0 amide bonds. The molecular formula is C24H39ClN6OS. The van der Waals surface area contributed by atoms with Gasteiger partial charge in [0.05, 0.1) is 23.9 Å². The van der Waals surface area contributed by atoms with Crippen molar-refractivity contribution in [2.75, 3.05) is 36.1 Å². The molecule has 9 heteroatoms. The molecule has 0 saturated carbocycles.